The Morgan fingerprint density at radius 2 is 1.94 bits per heavy atom. The summed E-state index contributed by atoms with van der Waals surface area (Å²) in [6.07, 6.45) is 6.58. The fourth-order valence-electron chi connectivity index (χ4n) is 2.48. The lowest BCUT2D eigenvalue weighted by atomic mass is 10.1. The van der Waals surface area contributed by atoms with E-state index in [-0.39, 0.29) is 0 Å². The molecule has 1 nitrogen and oxygen atoms in total. The molecule has 0 amide bonds. The molecule has 1 fully saturated rings. The third-order valence-corrected chi connectivity index (χ3v) is 3.41. The average Bonchev–Trinajstić information content (AvgIpc) is 2.67. The van der Waals surface area contributed by atoms with Gasteiger partial charge in [-0.1, -0.05) is 32.4 Å². The minimum atomic E-state index is 0.451. The molecule has 0 aliphatic heterocycles. The van der Waals surface area contributed by atoms with Gasteiger partial charge in [0, 0.05) is 0 Å². The predicted molar refractivity (Wildman–Crippen MR) is 67.9 cm³/mol. The zero-order valence-electron chi connectivity index (χ0n) is 10.4. The lowest BCUT2D eigenvalue weighted by Crippen LogP contribution is -2.11. The molecule has 0 heterocycles. The van der Waals surface area contributed by atoms with Crippen LogP contribution in [0.5, 0.6) is 5.75 Å². The molecule has 2 atom stereocenters. The van der Waals surface area contributed by atoms with E-state index in [1.807, 2.05) is 0 Å². The summed E-state index contributed by atoms with van der Waals surface area (Å²) in [6, 6.07) is 8.62. The maximum Gasteiger partial charge on any atom is 0.119 e. The number of aryl methyl sites for hydroxylation is 1. The Kier molecular flexibility index (Phi) is 3.87. The lowest BCUT2D eigenvalue weighted by molar-refractivity contribution is 0.205. The van der Waals surface area contributed by atoms with Gasteiger partial charge >= 0.3 is 0 Å². The monoisotopic (exact) mass is 218 g/mol. The zero-order valence-corrected chi connectivity index (χ0v) is 10.4. The summed E-state index contributed by atoms with van der Waals surface area (Å²) in [5.41, 5.74) is 1.41. The molecular weight excluding hydrogens is 196 g/mol. The molecule has 1 saturated carbocycles. The first kappa shape index (κ1) is 11.5. The van der Waals surface area contributed by atoms with Crippen LogP contribution in [0.2, 0.25) is 0 Å². The number of hydrogen-bond donors (Lipinski definition) is 0. The van der Waals surface area contributed by atoms with E-state index in [4.69, 9.17) is 4.74 Å². The second-order valence-electron chi connectivity index (χ2n) is 5.05. The molecule has 0 saturated heterocycles. The van der Waals surface area contributed by atoms with E-state index in [1.165, 1.54) is 37.7 Å². The number of benzene rings is 1. The van der Waals surface area contributed by atoms with Gasteiger partial charge in [0.1, 0.15) is 5.75 Å². The highest BCUT2D eigenvalue weighted by molar-refractivity contribution is 5.27. The third-order valence-electron chi connectivity index (χ3n) is 3.41. The van der Waals surface area contributed by atoms with Crippen LogP contribution in [0.4, 0.5) is 0 Å². The normalized spacial score (nSPS) is 24.6. The van der Waals surface area contributed by atoms with Gasteiger partial charge in [0.25, 0.3) is 0 Å². The topological polar surface area (TPSA) is 9.23 Å². The van der Waals surface area contributed by atoms with Crippen LogP contribution in [0.25, 0.3) is 0 Å². The second-order valence-corrected chi connectivity index (χ2v) is 5.05. The summed E-state index contributed by atoms with van der Waals surface area (Å²) in [6.45, 7) is 4.53. The van der Waals surface area contributed by atoms with Crippen LogP contribution in [0.3, 0.4) is 0 Å². The minimum absolute atomic E-state index is 0.451. The molecule has 0 aromatic heterocycles. The van der Waals surface area contributed by atoms with Crippen LogP contribution in [0, 0.1) is 5.92 Å². The summed E-state index contributed by atoms with van der Waals surface area (Å²) >= 11 is 0. The SMILES string of the molecule is CCCc1ccc(OC2CCC(C)C2)cc1. The van der Waals surface area contributed by atoms with E-state index in [2.05, 4.69) is 38.1 Å². The summed E-state index contributed by atoms with van der Waals surface area (Å²) in [7, 11) is 0. The quantitative estimate of drug-likeness (QED) is 0.735. The Bertz CT molecular complexity index is 315. The first-order valence-corrected chi connectivity index (χ1v) is 6.53. The molecule has 0 radical (unpaired) electrons. The van der Waals surface area contributed by atoms with Crippen LogP contribution in [-0.2, 0) is 6.42 Å². The summed E-state index contributed by atoms with van der Waals surface area (Å²) < 4.78 is 5.98. The molecule has 2 unspecified atom stereocenters. The van der Waals surface area contributed by atoms with Crippen molar-refractivity contribution in [3.63, 3.8) is 0 Å². The van der Waals surface area contributed by atoms with Gasteiger partial charge in [-0.15, -0.1) is 0 Å². The Morgan fingerprint density at radius 3 is 2.50 bits per heavy atom. The highest BCUT2D eigenvalue weighted by Gasteiger charge is 2.22. The summed E-state index contributed by atoms with van der Waals surface area (Å²) in [5.74, 6) is 1.88. The number of hydrogen-bond acceptors (Lipinski definition) is 1. The van der Waals surface area contributed by atoms with E-state index in [0.29, 0.717) is 6.10 Å². The van der Waals surface area contributed by atoms with Gasteiger partial charge in [0.2, 0.25) is 0 Å². The van der Waals surface area contributed by atoms with Crippen LogP contribution < -0.4 is 4.74 Å². The zero-order chi connectivity index (χ0) is 11.4. The van der Waals surface area contributed by atoms with Crippen molar-refractivity contribution in [2.45, 2.75) is 52.1 Å². The highest BCUT2D eigenvalue weighted by atomic mass is 16.5. The number of rotatable bonds is 4. The fourth-order valence-corrected chi connectivity index (χ4v) is 2.48. The average molecular weight is 218 g/mol. The van der Waals surface area contributed by atoms with E-state index in [0.717, 1.165) is 11.7 Å². The molecule has 2 rings (SSSR count). The van der Waals surface area contributed by atoms with Crippen LogP contribution in [0.1, 0.15) is 45.1 Å². The Labute approximate surface area is 98.8 Å². The molecule has 88 valence electrons. The van der Waals surface area contributed by atoms with Crippen molar-refractivity contribution >= 4 is 0 Å². The fraction of sp³-hybridized carbons (Fsp3) is 0.600. The first-order valence-electron chi connectivity index (χ1n) is 6.53. The van der Waals surface area contributed by atoms with Gasteiger partial charge in [-0.3, -0.25) is 0 Å². The van der Waals surface area contributed by atoms with Crippen molar-refractivity contribution in [2.24, 2.45) is 5.92 Å². The molecule has 0 N–H and O–H groups in total. The molecule has 1 aliphatic carbocycles. The van der Waals surface area contributed by atoms with E-state index < -0.39 is 0 Å². The summed E-state index contributed by atoms with van der Waals surface area (Å²) in [4.78, 5) is 0. The van der Waals surface area contributed by atoms with Crippen LogP contribution in [-0.4, -0.2) is 6.10 Å². The van der Waals surface area contributed by atoms with Crippen LogP contribution in [0.15, 0.2) is 24.3 Å². The van der Waals surface area contributed by atoms with Crippen molar-refractivity contribution in [3.8, 4) is 5.75 Å². The molecule has 1 aromatic carbocycles. The van der Waals surface area contributed by atoms with Gasteiger partial charge in [-0.05, 0) is 49.3 Å². The van der Waals surface area contributed by atoms with Crippen LogP contribution >= 0.6 is 0 Å². The molecule has 1 heteroatoms. The van der Waals surface area contributed by atoms with E-state index in [1.54, 1.807) is 0 Å². The van der Waals surface area contributed by atoms with Gasteiger partial charge in [0.05, 0.1) is 6.10 Å². The highest BCUT2D eigenvalue weighted by Crippen LogP contribution is 2.28. The maximum absolute atomic E-state index is 5.98. The van der Waals surface area contributed by atoms with Gasteiger partial charge < -0.3 is 4.74 Å². The standard InChI is InChI=1S/C15H22O/c1-3-4-13-6-9-14(10-7-13)16-15-8-5-12(2)11-15/h6-7,9-10,12,15H,3-5,8,11H2,1-2H3. The molecule has 1 aliphatic rings. The smallest absolute Gasteiger partial charge is 0.119 e. The summed E-state index contributed by atoms with van der Waals surface area (Å²) in [5, 5.41) is 0. The Hall–Kier alpha value is -0.980. The van der Waals surface area contributed by atoms with Gasteiger partial charge in [-0.2, -0.15) is 0 Å². The second kappa shape index (κ2) is 5.38. The maximum atomic E-state index is 5.98. The van der Waals surface area contributed by atoms with Crippen molar-refractivity contribution in [1.29, 1.82) is 0 Å². The van der Waals surface area contributed by atoms with E-state index >= 15 is 0 Å². The Morgan fingerprint density at radius 1 is 1.19 bits per heavy atom. The minimum Gasteiger partial charge on any atom is -0.490 e. The van der Waals surface area contributed by atoms with E-state index in [9.17, 15) is 0 Å². The largest absolute Gasteiger partial charge is 0.490 e. The van der Waals surface area contributed by atoms with Crippen molar-refractivity contribution in [3.05, 3.63) is 29.8 Å². The van der Waals surface area contributed by atoms with Crippen molar-refractivity contribution in [2.75, 3.05) is 0 Å². The van der Waals surface area contributed by atoms with Gasteiger partial charge in [0.15, 0.2) is 0 Å². The predicted octanol–water partition coefficient (Wildman–Crippen LogP) is 4.21. The first-order chi connectivity index (χ1) is 7.78. The molecular formula is C15H22O. The molecule has 0 bridgehead atoms. The molecule has 1 aromatic rings. The third kappa shape index (κ3) is 3.01. The van der Waals surface area contributed by atoms with Gasteiger partial charge in [-0.25, -0.2) is 0 Å². The number of ether oxygens (including phenoxy) is 1. The Balaban J connectivity index is 1.89. The molecule has 0 spiro atoms. The van der Waals surface area contributed by atoms with Crippen molar-refractivity contribution in [1.82, 2.24) is 0 Å². The lowest BCUT2D eigenvalue weighted by Gasteiger charge is -2.13. The molecule has 16 heavy (non-hydrogen) atoms. The van der Waals surface area contributed by atoms with Crippen molar-refractivity contribution < 1.29 is 4.74 Å².